The van der Waals surface area contributed by atoms with Gasteiger partial charge in [-0.3, -0.25) is 9.59 Å². The second-order valence-corrected chi connectivity index (χ2v) is 8.09. The van der Waals surface area contributed by atoms with E-state index in [0.29, 0.717) is 23.8 Å². The zero-order valence-corrected chi connectivity index (χ0v) is 18.9. The summed E-state index contributed by atoms with van der Waals surface area (Å²) in [5.41, 5.74) is 0.493. The molecule has 2 aromatic carbocycles. The van der Waals surface area contributed by atoms with Crippen LogP contribution in [0.15, 0.2) is 54.2 Å². The van der Waals surface area contributed by atoms with Crippen molar-refractivity contribution in [1.82, 2.24) is 10.6 Å². The van der Waals surface area contributed by atoms with Gasteiger partial charge in [0.25, 0.3) is 11.8 Å². The first kappa shape index (κ1) is 26.1. The van der Waals surface area contributed by atoms with E-state index in [0.717, 1.165) is 25.0 Å². The largest absolute Gasteiger partial charge is 0.573 e. The minimum Gasteiger partial charge on any atom is -0.493 e. The van der Waals surface area contributed by atoms with Gasteiger partial charge in [0.2, 0.25) is 0 Å². The number of amides is 2. The number of carbonyl (C=O) groups is 2. The van der Waals surface area contributed by atoms with Crippen molar-refractivity contribution in [2.24, 2.45) is 5.92 Å². The van der Waals surface area contributed by atoms with Gasteiger partial charge in [-0.2, -0.15) is 0 Å². The van der Waals surface area contributed by atoms with Crippen LogP contribution in [0.5, 0.6) is 11.5 Å². The van der Waals surface area contributed by atoms with Crippen LogP contribution in [-0.4, -0.2) is 43.0 Å². The van der Waals surface area contributed by atoms with E-state index in [4.69, 9.17) is 9.84 Å². The van der Waals surface area contributed by atoms with E-state index >= 15 is 0 Å². The number of rotatable bonds is 10. The molecule has 0 unspecified atom stereocenters. The first-order valence-corrected chi connectivity index (χ1v) is 11.2. The second kappa shape index (κ2) is 12.3. The van der Waals surface area contributed by atoms with Crippen LogP contribution in [-0.2, 0) is 4.79 Å². The molecule has 3 rings (SSSR count). The molecule has 188 valence electrons. The normalized spacial score (nSPS) is 14.5. The Kier molecular flexibility index (Phi) is 9.13. The minimum absolute atomic E-state index is 0.0442. The topological polar surface area (TPSA) is 96.9 Å². The molecule has 1 aliphatic carbocycles. The average molecular weight is 492 g/mol. The molecule has 0 bridgehead atoms. The fourth-order valence-electron chi connectivity index (χ4n) is 3.64. The second-order valence-electron chi connectivity index (χ2n) is 8.09. The van der Waals surface area contributed by atoms with E-state index in [1.165, 1.54) is 31.1 Å². The number of hydrogen-bond donors (Lipinski definition) is 3. The molecule has 0 radical (unpaired) electrons. The van der Waals surface area contributed by atoms with Crippen LogP contribution >= 0.6 is 0 Å². The molecule has 0 heterocycles. The van der Waals surface area contributed by atoms with Crippen molar-refractivity contribution >= 4 is 17.9 Å². The maximum Gasteiger partial charge on any atom is 0.573 e. The molecule has 1 fully saturated rings. The fraction of sp³-hybridized carbons (Fsp3) is 0.360. The molecule has 1 saturated carbocycles. The van der Waals surface area contributed by atoms with E-state index in [2.05, 4.69) is 15.4 Å². The lowest BCUT2D eigenvalue weighted by atomic mass is 10.1. The Labute approximate surface area is 200 Å². The molecular formula is C25H27F3N2O5. The Bertz CT molecular complexity index is 1010. The van der Waals surface area contributed by atoms with Gasteiger partial charge in [-0.25, -0.2) is 0 Å². The molecule has 2 amide bonds. The highest BCUT2D eigenvalue weighted by Gasteiger charge is 2.31. The summed E-state index contributed by atoms with van der Waals surface area (Å²) in [4.78, 5) is 25.2. The summed E-state index contributed by atoms with van der Waals surface area (Å²) in [5.74, 6) is -0.447. The third-order valence-electron chi connectivity index (χ3n) is 5.39. The van der Waals surface area contributed by atoms with E-state index in [-0.39, 0.29) is 24.4 Å². The van der Waals surface area contributed by atoms with Gasteiger partial charge in [0, 0.05) is 12.1 Å². The molecule has 0 atom stereocenters. The molecule has 0 aliphatic heterocycles. The highest BCUT2D eigenvalue weighted by Crippen LogP contribution is 2.26. The number of ether oxygens (including phenoxy) is 2. The highest BCUT2D eigenvalue weighted by molar-refractivity contribution is 6.05. The lowest BCUT2D eigenvalue weighted by Crippen LogP contribution is -2.36. The SMILES string of the molecule is O=C(NCCO)C(=Cc1ccc(OC(F)(F)F)cc1)NC(=O)c1ccc(OCC2CCCC2)cc1. The van der Waals surface area contributed by atoms with E-state index in [1.54, 1.807) is 24.3 Å². The molecule has 0 aromatic heterocycles. The monoisotopic (exact) mass is 492 g/mol. The molecule has 3 N–H and O–H groups in total. The summed E-state index contributed by atoms with van der Waals surface area (Å²) in [6.45, 7) is 0.284. The predicted molar refractivity (Wildman–Crippen MR) is 123 cm³/mol. The van der Waals surface area contributed by atoms with Gasteiger partial charge in [-0.1, -0.05) is 25.0 Å². The number of halogens is 3. The summed E-state index contributed by atoms with van der Waals surface area (Å²) < 4.78 is 46.7. The molecule has 0 saturated heterocycles. The van der Waals surface area contributed by atoms with Gasteiger partial charge in [-0.15, -0.1) is 13.2 Å². The summed E-state index contributed by atoms with van der Waals surface area (Å²) in [6.07, 6.45) is 1.25. The van der Waals surface area contributed by atoms with Gasteiger partial charge in [-0.05, 0) is 66.8 Å². The predicted octanol–water partition coefficient (Wildman–Crippen LogP) is 4.03. The molecule has 7 nitrogen and oxygen atoms in total. The third-order valence-corrected chi connectivity index (χ3v) is 5.39. The maximum absolute atomic E-state index is 12.7. The van der Waals surface area contributed by atoms with Crippen molar-refractivity contribution in [3.63, 3.8) is 0 Å². The van der Waals surface area contributed by atoms with Crippen LogP contribution in [0.3, 0.4) is 0 Å². The first-order valence-electron chi connectivity index (χ1n) is 11.2. The van der Waals surface area contributed by atoms with Crippen molar-refractivity contribution in [2.45, 2.75) is 32.0 Å². The standard InChI is InChI=1S/C25H27F3N2O5/c26-25(27,28)35-21-9-5-17(6-10-21)15-22(24(33)29-13-14-31)30-23(32)19-7-11-20(12-8-19)34-16-18-3-1-2-4-18/h5-12,15,18,31H,1-4,13-14,16H2,(H,29,33)(H,30,32). The Morgan fingerprint density at radius 3 is 2.23 bits per heavy atom. The van der Waals surface area contributed by atoms with Crippen LogP contribution in [0.25, 0.3) is 6.08 Å². The first-order chi connectivity index (χ1) is 16.7. The van der Waals surface area contributed by atoms with Gasteiger partial charge >= 0.3 is 6.36 Å². The Morgan fingerprint density at radius 2 is 1.63 bits per heavy atom. The fourth-order valence-corrected chi connectivity index (χ4v) is 3.64. The lowest BCUT2D eigenvalue weighted by Gasteiger charge is -2.13. The highest BCUT2D eigenvalue weighted by atomic mass is 19.4. The number of hydrogen-bond acceptors (Lipinski definition) is 5. The van der Waals surface area contributed by atoms with Crippen LogP contribution < -0.4 is 20.1 Å². The van der Waals surface area contributed by atoms with Crippen molar-refractivity contribution in [3.8, 4) is 11.5 Å². The van der Waals surface area contributed by atoms with Crippen molar-refractivity contribution < 1.29 is 37.3 Å². The molecule has 1 aliphatic rings. The number of aliphatic hydroxyl groups excluding tert-OH is 1. The number of nitrogens with one attached hydrogen (secondary N) is 2. The van der Waals surface area contributed by atoms with Gasteiger partial charge in [0.05, 0.1) is 13.2 Å². The van der Waals surface area contributed by atoms with Crippen molar-refractivity contribution in [3.05, 3.63) is 65.4 Å². The smallest absolute Gasteiger partial charge is 0.493 e. The zero-order valence-electron chi connectivity index (χ0n) is 18.9. The Hall–Kier alpha value is -3.53. The van der Waals surface area contributed by atoms with Gasteiger partial charge in [0.1, 0.15) is 17.2 Å². The van der Waals surface area contributed by atoms with Crippen molar-refractivity contribution in [2.75, 3.05) is 19.8 Å². The maximum atomic E-state index is 12.7. The summed E-state index contributed by atoms with van der Waals surface area (Å²) in [5, 5.41) is 13.9. The minimum atomic E-state index is -4.82. The van der Waals surface area contributed by atoms with Crippen molar-refractivity contribution in [1.29, 1.82) is 0 Å². The van der Waals surface area contributed by atoms with Gasteiger partial charge in [0.15, 0.2) is 0 Å². The van der Waals surface area contributed by atoms with Gasteiger partial charge < -0.3 is 25.2 Å². The molecule has 35 heavy (non-hydrogen) atoms. The van der Waals surface area contributed by atoms with E-state index < -0.39 is 23.9 Å². The zero-order chi connectivity index (χ0) is 25.3. The number of benzene rings is 2. The van der Waals surface area contributed by atoms with Crippen LogP contribution in [0.1, 0.15) is 41.6 Å². The van der Waals surface area contributed by atoms with E-state index in [1.807, 2.05) is 0 Å². The average Bonchev–Trinajstić information content (AvgIpc) is 3.35. The summed E-state index contributed by atoms with van der Waals surface area (Å²) in [6, 6.07) is 11.3. The van der Waals surface area contributed by atoms with E-state index in [9.17, 15) is 22.8 Å². The quantitative estimate of drug-likeness (QED) is 0.435. The summed E-state index contributed by atoms with van der Waals surface area (Å²) >= 11 is 0. The molecule has 0 spiro atoms. The molecule has 10 heteroatoms. The lowest BCUT2D eigenvalue weighted by molar-refractivity contribution is -0.274. The molecule has 2 aromatic rings. The molecular weight excluding hydrogens is 465 g/mol. The van der Waals surface area contributed by atoms with Crippen LogP contribution in [0.4, 0.5) is 13.2 Å². The third kappa shape index (κ3) is 8.64. The van der Waals surface area contributed by atoms with Crippen LogP contribution in [0, 0.1) is 5.92 Å². The Morgan fingerprint density at radius 1 is 1.00 bits per heavy atom. The number of alkyl halides is 3. The summed E-state index contributed by atoms with van der Waals surface area (Å²) in [7, 11) is 0. The Balaban J connectivity index is 1.68. The number of aliphatic hydroxyl groups is 1. The van der Waals surface area contributed by atoms with Crippen LogP contribution in [0.2, 0.25) is 0 Å². The number of carbonyl (C=O) groups excluding carboxylic acids is 2.